The van der Waals surface area contributed by atoms with Crippen LogP contribution in [0.3, 0.4) is 0 Å². The highest BCUT2D eigenvalue weighted by Crippen LogP contribution is 2.30. The van der Waals surface area contributed by atoms with Crippen molar-refractivity contribution in [3.8, 4) is 5.88 Å². The van der Waals surface area contributed by atoms with E-state index in [2.05, 4.69) is 10.1 Å². The Morgan fingerprint density at radius 1 is 1.48 bits per heavy atom. The van der Waals surface area contributed by atoms with E-state index in [0.717, 1.165) is 12.1 Å². The highest BCUT2D eigenvalue weighted by Gasteiger charge is 2.33. The first-order valence-electron chi connectivity index (χ1n) is 6.10. The van der Waals surface area contributed by atoms with Crippen molar-refractivity contribution in [3.63, 3.8) is 0 Å². The third kappa shape index (κ3) is 4.78. The average molecular weight is 307 g/mol. The van der Waals surface area contributed by atoms with Crippen LogP contribution in [0.5, 0.6) is 5.88 Å². The van der Waals surface area contributed by atoms with Crippen molar-refractivity contribution in [1.82, 2.24) is 4.98 Å². The lowest BCUT2D eigenvalue weighted by molar-refractivity contribution is -0.141. The molecule has 0 fully saturated rings. The topological polar surface area (TPSA) is 90.0 Å². The Balaban J connectivity index is 3.11. The van der Waals surface area contributed by atoms with Crippen LogP contribution in [0.15, 0.2) is 17.3 Å². The molecule has 21 heavy (non-hydrogen) atoms. The quantitative estimate of drug-likeness (QED) is 0.363. The Morgan fingerprint density at radius 3 is 2.67 bits per heavy atom. The van der Waals surface area contributed by atoms with Crippen molar-refractivity contribution < 1.29 is 27.9 Å². The van der Waals surface area contributed by atoms with Crippen molar-refractivity contribution in [2.45, 2.75) is 26.1 Å². The lowest BCUT2D eigenvalue weighted by Crippen LogP contribution is -2.24. The van der Waals surface area contributed by atoms with Crippen LogP contribution in [0.2, 0.25) is 0 Å². The number of amidine groups is 1. The van der Waals surface area contributed by atoms with E-state index >= 15 is 0 Å². The van der Waals surface area contributed by atoms with Gasteiger partial charge in [0.2, 0.25) is 5.88 Å². The highest BCUT2D eigenvalue weighted by molar-refractivity contribution is 5.99. The van der Waals surface area contributed by atoms with Gasteiger partial charge in [-0.25, -0.2) is 4.98 Å². The standard InChI is InChI=1S/C12H16F3N3O3/c1-3-20-6-7(2)21-11-8(10(16)18-19)4-5-9(17-11)12(13,14)15/h4-5,7,19H,3,6H2,1-2H3,(H2,16,18). The maximum absolute atomic E-state index is 12.7. The van der Waals surface area contributed by atoms with Crippen molar-refractivity contribution in [1.29, 1.82) is 0 Å². The van der Waals surface area contributed by atoms with E-state index in [1.165, 1.54) is 0 Å². The van der Waals surface area contributed by atoms with Gasteiger partial charge in [0.05, 0.1) is 12.2 Å². The number of aromatic nitrogens is 1. The molecule has 9 heteroatoms. The van der Waals surface area contributed by atoms with Crippen molar-refractivity contribution in [2.24, 2.45) is 10.9 Å². The van der Waals surface area contributed by atoms with Crippen molar-refractivity contribution in [3.05, 3.63) is 23.4 Å². The first-order valence-corrected chi connectivity index (χ1v) is 6.10. The molecular formula is C12H16F3N3O3. The third-order valence-electron chi connectivity index (χ3n) is 2.40. The van der Waals surface area contributed by atoms with Gasteiger partial charge in [-0.3, -0.25) is 0 Å². The predicted octanol–water partition coefficient (Wildman–Crippen LogP) is 2.00. The van der Waals surface area contributed by atoms with Crippen LogP contribution in [-0.2, 0) is 10.9 Å². The van der Waals surface area contributed by atoms with E-state index in [1.54, 1.807) is 13.8 Å². The fraction of sp³-hybridized carbons (Fsp3) is 0.500. The third-order valence-corrected chi connectivity index (χ3v) is 2.40. The van der Waals surface area contributed by atoms with Gasteiger partial charge in [0.25, 0.3) is 0 Å². The molecule has 0 aliphatic rings. The number of nitrogens with two attached hydrogens (primary N) is 1. The van der Waals surface area contributed by atoms with Gasteiger partial charge in [-0.1, -0.05) is 5.16 Å². The minimum Gasteiger partial charge on any atom is -0.472 e. The van der Waals surface area contributed by atoms with Crippen LogP contribution in [0.4, 0.5) is 13.2 Å². The summed E-state index contributed by atoms with van der Waals surface area (Å²) < 4.78 is 48.4. The number of oxime groups is 1. The molecule has 0 radical (unpaired) electrons. The fourth-order valence-electron chi connectivity index (χ4n) is 1.45. The van der Waals surface area contributed by atoms with Crippen molar-refractivity contribution >= 4 is 5.84 Å². The monoisotopic (exact) mass is 307 g/mol. The minimum absolute atomic E-state index is 0.0335. The summed E-state index contributed by atoms with van der Waals surface area (Å²) in [5.74, 6) is -0.762. The van der Waals surface area contributed by atoms with Gasteiger partial charge in [-0.15, -0.1) is 0 Å². The number of ether oxygens (including phenoxy) is 2. The fourth-order valence-corrected chi connectivity index (χ4v) is 1.45. The largest absolute Gasteiger partial charge is 0.472 e. The second kappa shape index (κ2) is 7.11. The SMILES string of the molecule is CCOCC(C)Oc1nc(C(F)(F)F)ccc1/C(N)=N/O. The molecule has 118 valence electrons. The number of alkyl halides is 3. The van der Waals surface area contributed by atoms with Crippen molar-refractivity contribution in [2.75, 3.05) is 13.2 Å². The summed E-state index contributed by atoms with van der Waals surface area (Å²) in [6.07, 6.45) is -5.17. The zero-order valence-corrected chi connectivity index (χ0v) is 11.5. The maximum Gasteiger partial charge on any atom is 0.433 e. The van der Waals surface area contributed by atoms with E-state index in [0.29, 0.717) is 6.61 Å². The first kappa shape index (κ1) is 17.0. The smallest absolute Gasteiger partial charge is 0.433 e. The van der Waals surface area contributed by atoms with Crippen LogP contribution >= 0.6 is 0 Å². The molecule has 0 amide bonds. The van der Waals surface area contributed by atoms with Gasteiger partial charge in [0.1, 0.15) is 11.8 Å². The van der Waals surface area contributed by atoms with E-state index in [4.69, 9.17) is 20.4 Å². The number of halogens is 3. The van der Waals surface area contributed by atoms with E-state index < -0.39 is 23.8 Å². The summed E-state index contributed by atoms with van der Waals surface area (Å²) in [6, 6.07) is 1.76. The summed E-state index contributed by atoms with van der Waals surface area (Å²) in [6.45, 7) is 3.99. The summed E-state index contributed by atoms with van der Waals surface area (Å²) in [7, 11) is 0. The van der Waals surface area contributed by atoms with Gasteiger partial charge in [0, 0.05) is 6.61 Å². The Bertz CT molecular complexity index is 506. The van der Waals surface area contributed by atoms with Crippen LogP contribution in [-0.4, -0.2) is 35.3 Å². The Hall–Kier alpha value is -2.03. The van der Waals surface area contributed by atoms with E-state index in [9.17, 15) is 13.2 Å². The molecule has 1 heterocycles. The summed E-state index contributed by atoms with van der Waals surface area (Å²) in [4.78, 5) is 3.39. The molecule has 1 rings (SSSR count). The van der Waals surface area contributed by atoms with E-state index in [1.807, 2.05) is 0 Å². The lowest BCUT2D eigenvalue weighted by Gasteiger charge is -2.17. The van der Waals surface area contributed by atoms with Crippen LogP contribution in [0.25, 0.3) is 0 Å². The molecule has 1 atom stereocenters. The van der Waals surface area contributed by atoms with Gasteiger partial charge < -0.3 is 20.4 Å². The predicted molar refractivity (Wildman–Crippen MR) is 68.3 cm³/mol. The molecule has 1 unspecified atom stereocenters. The maximum atomic E-state index is 12.7. The molecule has 0 bridgehead atoms. The number of rotatable bonds is 6. The molecule has 1 aromatic heterocycles. The molecule has 0 aliphatic carbocycles. The summed E-state index contributed by atoms with van der Waals surface area (Å²) >= 11 is 0. The normalized spacial score (nSPS) is 14.0. The number of nitrogens with zero attached hydrogens (tertiary/aromatic N) is 2. The zero-order chi connectivity index (χ0) is 16.0. The lowest BCUT2D eigenvalue weighted by atomic mass is 10.2. The molecule has 1 aromatic rings. The Kier molecular flexibility index (Phi) is 5.77. The Labute approximate surface area is 119 Å². The van der Waals surface area contributed by atoms with Crippen LogP contribution < -0.4 is 10.5 Å². The molecular weight excluding hydrogens is 291 g/mol. The summed E-state index contributed by atoms with van der Waals surface area (Å²) in [5, 5.41) is 11.4. The second-order valence-corrected chi connectivity index (χ2v) is 4.12. The number of hydrogen-bond acceptors (Lipinski definition) is 5. The first-order chi connectivity index (χ1) is 9.79. The summed E-state index contributed by atoms with van der Waals surface area (Å²) in [5.41, 5.74) is 4.24. The average Bonchev–Trinajstić information content (AvgIpc) is 2.43. The molecule has 0 aromatic carbocycles. The zero-order valence-electron chi connectivity index (χ0n) is 11.5. The molecule has 0 aliphatic heterocycles. The number of pyridine rings is 1. The number of hydrogen-bond donors (Lipinski definition) is 2. The van der Waals surface area contributed by atoms with Crippen LogP contribution in [0.1, 0.15) is 25.1 Å². The molecule has 0 spiro atoms. The van der Waals surface area contributed by atoms with Gasteiger partial charge >= 0.3 is 6.18 Å². The van der Waals surface area contributed by atoms with Gasteiger partial charge in [-0.05, 0) is 26.0 Å². The molecule has 0 saturated carbocycles. The van der Waals surface area contributed by atoms with Gasteiger partial charge in [-0.2, -0.15) is 13.2 Å². The Morgan fingerprint density at radius 2 is 2.14 bits per heavy atom. The molecule has 3 N–H and O–H groups in total. The van der Waals surface area contributed by atoms with Crippen LogP contribution in [0, 0.1) is 0 Å². The highest BCUT2D eigenvalue weighted by atomic mass is 19.4. The molecule has 6 nitrogen and oxygen atoms in total. The minimum atomic E-state index is -4.62. The molecule has 0 saturated heterocycles. The second-order valence-electron chi connectivity index (χ2n) is 4.12. The van der Waals surface area contributed by atoms with E-state index in [-0.39, 0.29) is 18.1 Å². The van der Waals surface area contributed by atoms with Gasteiger partial charge in [0.15, 0.2) is 5.84 Å².